The Kier molecular flexibility index (Phi) is 5.33. The van der Waals surface area contributed by atoms with Crippen LogP contribution in [0.1, 0.15) is 24.1 Å². The average Bonchev–Trinajstić information content (AvgIpc) is 2.97. The van der Waals surface area contributed by atoms with Crippen LogP contribution in [0.15, 0.2) is 24.3 Å². The maximum Gasteiger partial charge on any atom is 0.236 e. The Labute approximate surface area is 148 Å². The standard InChI is InChI=1S/C18H25N5O2/c1-4-25-16-7-5-15(6-8-16)11-21(3)18(24)13-22-9-10-23-14(2)19-20-17(23)12-22/h5-8H,4,9-13H2,1-3H3. The van der Waals surface area contributed by atoms with Crippen molar-refractivity contribution in [1.82, 2.24) is 24.6 Å². The number of nitrogens with zero attached hydrogens (tertiary/aromatic N) is 5. The molecule has 25 heavy (non-hydrogen) atoms. The van der Waals surface area contributed by atoms with Crippen LogP contribution in [0.5, 0.6) is 5.75 Å². The number of ether oxygens (including phenoxy) is 1. The smallest absolute Gasteiger partial charge is 0.236 e. The van der Waals surface area contributed by atoms with Crippen LogP contribution >= 0.6 is 0 Å². The van der Waals surface area contributed by atoms with Crippen LogP contribution < -0.4 is 4.74 Å². The molecular weight excluding hydrogens is 318 g/mol. The first-order valence-electron chi connectivity index (χ1n) is 8.63. The lowest BCUT2D eigenvalue weighted by atomic mass is 10.2. The predicted molar refractivity (Wildman–Crippen MR) is 94.1 cm³/mol. The Balaban J connectivity index is 1.52. The maximum atomic E-state index is 12.5. The zero-order valence-corrected chi connectivity index (χ0v) is 15.1. The van der Waals surface area contributed by atoms with Gasteiger partial charge in [0.1, 0.15) is 17.4 Å². The van der Waals surface area contributed by atoms with Gasteiger partial charge < -0.3 is 14.2 Å². The van der Waals surface area contributed by atoms with Crippen molar-refractivity contribution in [2.24, 2.45) is 0 Å². The molecule has 0 spiro atoms. The summed E-state index contributed by atoms with van der Waals surface area (Å²) in [4.78, 5) is 16.4. The molecule has 0 atom stereocenters. The van der Waals surface area contributed by atoms with Gasteiger partial charge in [0, 0.05) is 26.7 Å². The molecule has 2 aromatic rings. The first-order valence-corrected chi connectivity index (χ1v) is 8.63. The van der Waals surface area contributed by atoms with Crippen LogP contribution in [0, 0.1) is 6.92 Å². The Morgan fingerprint density at radius 3 is 2.72 bits per heavy atom. The molecule has 3 rings (SSSR count). The zero-order valence-electron chi connectivity index (χ0n) is 15.1. The molecule has 1 aliphatic heterocycles. The Morgan fingerprint density at radius 2 is 2.00 bits per heavy atom. The normalized spacial score (nSPS) is 14.2. The van der Waals surface area contributed by atoms with Crippen LogP contribution in [-0.4, -0.2) is 57.2 Å². The van der Waals surface area contributed by atoms with Gasteiger partial charge in [-0.1, -0.05) is 12.1 Å². The number of amides is 1. The molecule has 7 nitrogen and oxygen atoms in total. The van der Waals surface area contributed by atoms with Crippen molar-refractivity contribution in [3.63, 3.8) is 0 Å². The Bertz CT molecular complexity index is 726. The lowest BCUT2D eigenvalue weighted by molar-refractivity contribution is -0.132. The van der Waals surface area contributed by atoms with Crippen LogP contribution in [-0.2, 0) is 24.4 Å². The second-order valence-electron chi connectivity index (χ2n) is 6.35. The summed E-state index contributed by atoms with van der Waals surface area (Å²) in [6.07, 6.45) is 0. The van der Waals surface area contributed by atoms with Gasteiger partial charge in [-0.3, -0.25) is 9.69 Å². The summed E-state index contributed by atoms with van der Waals surface area (Å²) in [6.45, 7) is 7.92. The van der Waals surface area contributed by atoms with E-state index < -0.39 is 0 Å². The van der Waals surface area contributed by atoms with Gasteiger partial charge in [-0.05, 0) is 31.5 Å². The quantitative estimate of drug-likeness (QED) is 0.795. The van der Waals surface area contributed by atoms with Crippen LogP contribution in [0.25, 0.3) is 0 Å². The first-order chi connectivity index (χ1) is 12.1. The monoisotopic (exact) mass is 343 g/mol. The van der Waals surface area contributed by atoms with Crippen LogP contribution in [0.2, 0.25) is 0 Å². The largest absolute Gasteiger partial charge is 0.494 e. The maximum absolute atomic E-state index is 12.5. The van der Waals surface area contributed by atoms with Crippen molar-refractivity contribution >= 4 is 5.91 Å². The van der Waals surface area contributed by atoms with Gasteiger partial charge >= 0.3 is 0 Å². The molecule has 0 N–H and O–H groups in total. The van der Waals surface area contributed by atoms with E-state index in [1.165, 1.54) is 0 Å². The summed E-state index contributed by atoms with van der Waals surface area (Å²) in [6, 6.07) is 7.88. The van der Waals surface area contributed by atoms with E-state index in [4.69, 9.17) is 4.74 Å². The summed E-state index contributed by atoms with van der Waals surface area (Å²) in [5.41, 5.74) is 1.09. The number of fused-ring (bicyclic) bond motifs is 1. The Hall–Kier alpha value is -2.41. The van der Waals surface area contributed by atoms with Crippen LogP contribution in [0.4, 0.5) is 0 Å². The summed E-state index contributed by atoms with van der Waals surface area (Å²) in [5, 5.41) is 8.29. The number of aromatic nitrogens is 3. The molecular formula is C18H25N5O2. The predicted octanol–water partition coefficient (Wildman–Crippen LogP) is 1.46. The fourth-order valence-electron chi connectivity index (χ4n) is 3.02. The second-order valence-corrected chi connectivity index (χ2v) is 6.35. The molecule has 1 aliphatic rings. The molecule has 1 aromatic carbocycles. The van der Waals surface area contributed by atoms with Crippen molar-refractivity contribution in [2.45, 2.75) is 33.5 Å². The third-order valence-electron chi connectivity index (χ3n) is 4.46. The van der Waals surface area contributed by atoms with E-state index >= 15 is 0 Å². The minimum Gasteiger partial charge on any atom is -0.494 e. The minimum atomic E-state index is 0.110. The highest BCUT2D eigenvalue weighted by molar-refractivity contribution is 5.78. The van der Waals surface area contributed by atoms with Gasteiger partial charge in [-0.2, -0.15) is 0 Å². The van der Waals surface area contributed by atoms with E-state index in [0.29, 0.717) is 26.2 Å². The van der Waals surface area contributed by atoms with E-state index in [1.54, 1.807) is 4.90 Å². The van der Waals surface area contributed by atoms with E-state index in [9.17, 15) is 4.79 Å². The molecule has 1 amide bonds. The third kappa shape index (κ3) is 4.17. The molecule has 0 unspecified atom stereocenters. The average molecular weight is 343 g/mol. The van der Waals surface area contributed by atoms with E-state index in [1.807, 2.05) is 45.2 Å². The van der Waals surface area contributed by atoms with E-state index in [0.717, 1.165) is 36.1 Å². The molecule has 7 heteroatoms. The molecule has 1 aromatic heterocycles. The molecule has 0 fully saturated rings. The molecule has 0 bridgehead atoms. The number of aryl methyl sites for hydroxylation is 1. The number of carbonyl (C=O) groups excluding carboxylic acids is 1. The number of hydrogen-bond acceptors (Lipinski definition) is 5. The van der Waals surface area contributed by atoms with Crippen LogP contribution in [0.3, 0.4) is 0 Å². The van der Waals surface area contributed by atoms with Gasteiger partial charge in [-0.25, -0.2) is 0 Å². The van der Waals surface area contributed by atoms with E-state index in [2.05, 4.69) is 19.7 Å². The Morgan fingerprint density at radius 1 is 1.24 bits per heavy atom. The molecule has 0 radical (unpaired) electrons. The molecule has 0 saturated heterocycles. The lowest BCUT2D eigenvalue weighted by Gasteiger charge is -2.28. The molecule has 0 saturated carbocycles. The molecule has 2 heterocycles. The SMILES string of the molecule is CCOc1ccc(CN(C)C(=O)CN2CCn3c(C)nnc3C2)cc1. The highest BCUT2D eigenvalue weighted by Gasteiger charge is 2.22. The van der Waals surface area contributed by atoms with Crippen molar-refractivity contribution in [3.05, 3.63) is 41.5 Å². The number of benzene rings is 1. The van der Waals surface area contributed by atoms with Gasteiger partial charge in [0.15, 0.2) is 0 Å². The van der Waals surface area contributed by atoms with Crippen molar-refractivity contribution in [3.8, 4) is 5.75 Å². The number of rotatable bonds is 6. The second kappa shape index (κ2) is 7.65. The zero-order chi connectivity index (χ0) is 17.8. The fraction of sp³-hybridized carbons (Fsp3) is 0.500. The van der Waals surface area contributed by atoms with Crippen molar-refractivity contribution in [2.75, 3.05) is 26.7 Å². The number of carbonyl (C=O) groups is 1. The highest BCUT2D eigenvalue weighted by atomic mass is 16.5. The molecule has 0 aliphatic carbocycles. The third-order valence-corrected chi connectivity index (χ3v) is 4.46. The summed E-state index contributed by atoms with van der Waals surface area (Å²) in [5.74, 6) is 2.84. The topological polar surface area (TPSA) is 63.5 Å². The molecule has 134 valence electrons. The first kappa shape index (κ1) is 17.4. The number of likely N-dealkylation sites (N-methyl/N-ethyl adjacent to an activating group) is 1. The summed E-state index contributed by atoms with van der Waals surface area (Å²) in [7, 11) is 1.84. The fourth-order valence-corrected chi connectivity index (χ4v) is 3.02. The number of hydrogen-bond donors (Lipinski definition) is 0. The lowest BCUT2D eigenvalue weighted by Crippen LogP contribution is -2.42. The minimum absolute atomic E-state index is 0.110. The van der Waals surface area contributed by atoms with Gasteiger partial charge in [0.25, 0.3) is 0 Å². The van der Waals surface area contributed by atoms with Gasteiger partial charge in [0.2, 0.25) is 5.91 Å². The van der Waals surface area contributed by atoms with E-state index in [-0.39, 0.29) is 5.91 Å². The highest BCUT2D eigenvalue weighted by Crippen LogP contribution is 2.14. The summed E-state index contributed by atoms with van der Waals surface area (Å²) >= 11 is 0. The van der Waals surface area contributed by atoms with Gasteiger partial charge in [-0.15, -0.1) is 10.2 Å². The van der Waals surface area contributed by atoms with Gasteiger partial charge in [0.05, 0.1) is 19.7 Å². The summed E-state index contributed by atoms with van der Waals surface area (Å²) < 4.78 is 7.56. The van der Waals surface area contributed by atoms with Crippen molar-refractivity contribution in [1.29, 1.82) is 0 Å². The van der Waals surface area contributed by atoms with Crippen molar-refractivity contribution < 1.29 is 9.53 Å².